The fraction of sp³-hybridized carbons (Fsp3) is 0.143. The Bertz CT molecular complexity index is 908. The predicted octanol–water partition coefficient (Wildman–Crippen LogP) is 3.74. The van der Waals surface area contributed by atoms with E-state index >= 15 is 0 Å². The van der Waals surface area contributed by atoms with E-state index in [1.165, 1.54) is 22.7 Å². The van der Waals surface area contributed by atoms with E-state index in [-0.39, 0.29) is 0 Å². The van der Waals surface area contributed by atoms with Crippen LogP contribution in [-0.2, 0) is 0 Å². The highest BCUT2D eigenvalue weighted by atomic mass is 79.9. The van der Waals surface area contributed by atoms with Crippen LogP contribution in [0.1, 0.15) is 0 Å². The van der Waals surface area contributed by atoms with Crippen LogP contribution in [0.25, 0.3) is 20.7 Å². The lowest BCUT2D eigenvalue weighted by Crippen LogP contribution is -1.85. The molecule has 4 aromatic rings. The zero-order chi connectivity index (χ0) is 17.1. The normalized spacial score (nSPS) is 10.5. The molecule has 0 spiro atoms. The highest BCUT2D eigenvalue weighted by Crippen LogP contribution is 2.26. The van der Waals surface area contributed by atoms with Crippen LogP contribution in [-0.4, -0.2) is 34.2 Å². The van der Waals surface area contributed by atoms with Crippen molar-refractivity contribution in [3.05, 3.63) is 28.2 Å². The van der Waals surface area contributed by atoms with Crippen LogP contribution < -0.4 is 15.2 Å². The van der Waals surface area contributed by atoms with Crippen molar-refractivity contribution in [3.8, 4) is 11.8 Å². The van der Waals surface area contributed by atoms with Crippen LogP contribution in [0.5, 0.6) is 11.8 Å². The lowest BCUT2D eigenvalue weighted by Gasteiger charge is -1.94. The number of anilines is 1. The number of ether oxygens (including phenoxy) is 2. The molecule has 2 N–H and O–H groups in total. The van der Waals surface area contributed by atoms with Gasteiger partial charge in [0.15, 0.2) is 9.05 Å². The molecule has 124 valence electrons. The first-order chi connectivity index (χ1) is 11.6. The summed E-state index contributed by atoms with van der Waals surface area (Å²) in [5, 5.41) is 0.533. The van der Waals surface area contributed by atoms with E-state index < -0.39 is 0 Å². The summed E-state index contributed by atoms with van der Waals surface area (Å²) in [6, 6.07) is 7.30. The number of hydrogen-bond acceptors (Lipinski definition) is 9. The summed E-state index contributed by atoms with van der Waals surface area (Å²) in [7, 11) is 3.18. The molecule has 4 heterocycles. The van der Waals surface area contributed by atoms with Crippen molar-refractivity contribution < 1.29 is 9.47 Å². The van der Waals surface area contributed by atoms with Crippen molar-refractivity contribution in [2.45, 2.75) is 0 Å². The molecule has 0 atom stereocenters. The van der Waals surface area contributed by atoms with Crippen molar-refractivity contribution in [3.63, 3.8) is 0 Å². The van der Waals surface area contributed by atoms with Crippen molar-refractivity contribution in [1.82, 2.24) is 19.9 Å². The molecule has 4 rings (SSSR count). The Labute approximate surface area is 153 Å². The van der Waals surface area contributed by atoms with Crippen LogP contribution in [0.15, 0.2) is 28.2 Å². The van der Waals surface area contributed by atoms with Gasteiger partial charge in [0.2, 0.25) is 11.8 Å². The molecule has 4 aromatic heterocycles. The molecule has 0 unspecified atom stereocenters. The first kappa shape index (κ1) is 16.8. The van der Waals surface area contributed by atoms with Crippen LogP contribution in [0, 0.1) is 0 Å². The summed E-state index contributed by atoms with van der Waals surface area (Å²) < 4.78 is 10.8. The van der Waals surface area contributed by atoms with Crippen LogP contribution in [0.3, 0.4) is 0 Å². The van der Waals surface area contributed by atoms with E-state index in [1.54, 1.807) is 26.4 Å². The first-order valence-electron chi connectivity index (χ1n) is 6.63. The molecule has 0 saturated heterocycles. The summed E-state index contributed by atoms with van der Waals surface area (Å²) in [5.41, 5.74) is 7.22. The Balaban J connectivity index is 0.000000141. The Morgan fingerprint density at radius 2 is 1.38 bits per heavy atom. The maximum absolute atomic E-state index is 5.51. The molecular formula is C14H12BrN5O2S2. The van der Waals surface area contributed by atoms with Gasteiger partial charge in [-0.2, -0.15) is 0 Å². The third-order valence-corrected chi connectivity index (χ3v) is 5.08. The maximum Gasteiger partial charge on any atom is 0.214 e. The van der Waals surface area contributed by atoms with Gasteiger partial charge in [-0.15, -0.1) is 0 Å². The average Bonchev–Trinajstić information content (AvgIpc) is 3.13. The standard InChI is InChI=1S/C7H5BrN2OS.C7H7N3OS/c2*1-11-5-3-2-4-6(10-5)12-7(8)9-4/h2-3H,1H3;2-3H,1H3,(H2,8,9). The van der Waals surface area contributed by atoms with E-state index in [9.17, 15) is 0 Å². The number of halogens is 1. The number of pyridine rings is 2. The Morgan fingerprint density at radius 3 is 1.96 bits per heavy atom. The first-order valence-corrected chi connectivity index (χ1v) is 9.06. The van der Waals surface area contributed by atoms with E-state index in [0.717, 1.165) is 24.6 Å². The van der Waals surface area contributed by atoms with Gasteiger partial charge in [-0.3, -0.25) is 0 Å². The molecule has 0 fully saturated rings. The van der Waals surface area contributed by atoms with Gasteiger partial charge in [0.05, 0.1) is 14.2 Å². The van der Waals surface area contributed by atoms with Gasteiger partial charge in [0.1, 0.15) is 20.7 Å². The zero-order valence-corrected chi connectivity index (χ0v) is 15.9. The van der Waals surface area contributed by atoms with Gasteiger partial charge in [0, 0.05) is 12.1 Å². The number of nitrogens with zero attached hydrogens (tertiary/aromatic N) is 4. The molecule has 0 aromatic carbocycles. The maximum atomic E-state index is 5.51. The molecule has 0 saturated carbocycles. The summed E-state index contributed by atoms with van der Waals surface area (Å²) >= 11 is 6.15. The summed E-state index contributed by atoms with van der Waals surface area (Å²) in [4.78, 5) is 18.4. The van der Waals surface area contributed by atoms with Gasteiger partial charge in [0.25, 0.3) is 0 Å². The van der Waals surface area contributed by atoms with Crippen molar-refractivity contribution >= 4 is 64.4 Å². The lowest BCUT2D eigenvalue weighted by atomic mass is 10.4. The molecule has 0 bridgehead atoms. The molecule has 0 aliphatic carbocycles. The predicted molar refractivity (Wildman–Crippen MR) is 100 cm³/mol. The number of fused-ring (bicyclic) bond motifs is 2. The third kappa shape index (κ3) is 3.71. The molecule has 0 aliphatic rings. The Kier molecular flexibility index (Phi) is 5.07. The van der Waals surface area contributed by atoms with Gasteiger partial charge < -0.3 is 15.2 Å². The van der Waals surface area contributed by atoms with E-state index in [1.807, 2.05) is 12.1 Å². The number of nitrogens with two attached hydrogens (primary N) is 1. The largest absolute Gasteiger partial charge is 0.481 e. The Morgan fingerprint density at radius 1 is 0.833 bits per heavy atom. The van der Waals surface area contributed by atoms with E-state index in [2.05, 4.69) is 35.9 Å². The topological polar surface area (TPSA) is 96.0 Å². The molecule has 0 radical (unpaired) electrons. The number of nitrogen functional groups attached to an aromatic ring is 1. The number of methoxy groups -OCH3 is 2. The monoisotopic (exact) mass is 425 g/mol. The molecule has 24 heavy (non-hydrogen) atoms. The summed E-state index contributed by atoms with van der Waals surface area (Å²) in [5.74, 6) is 1.21. The van der Waals surface area contributed by atoms with Crippen LogP contribution >= 0.6 is 38.6 Å². The van der Waals surface area contributed by atoms with Gasteiger partial charge in [-0.1, -0.05) is 22.7 Å². The third-order valence-electron chi connectivity index (χ3n) is 2.87. The number of aromatic nitrogens is 4. The lowest BCUT2D eigenvalue weighted by molar-refractivity contribution is 0.399. The summed E-state index contributed by atoms with van der Waals surface area (Å²) in [6.07, 6.45) is 0. The van der Waals surface area contributed by atoms with Crippen molar-refractivity contribution in [2.75, 3.05) is 20.0 Å². The second-order valence-electron chi connectivity index (χ2n) is 4.37. The molecule has 0 amide bonds. The second-order valence-corrected chi connectivity index (χ2v) is 7.64. The highest BCUT2D eigenvalue weighted by molar-refractivity contribution is 9.11. The quantitative estimate of drug-likeness (QED) is 0.522. The number of hydrogen-bond donors (Lipinski definition) is 1. The zero-order valence-electron chi connectivity index (χ0n) is 12.7. The number of thiazole rings is 2. The summed E-state index contributed by atoms with van der Waals surface area (Å²) in [6.45, 7) is 0. The van der Waals surface area contributed by atoms with Crippen molar-refractivity contribution in [1.29, 1.82) is 0 Å². The van der Waals surface area contributed by atoms with Crippen LogP contribution in [0.2, 0.25) is 0 Å². The molecular weight excluding hydrogens is 414 g/mol. The van der Waals surface area contributed by atoms with E-state index in [4.69, 9.17) is 15.2 Å². The van der Waals surface area contributed by atoms with Gasteiger partial charge >= 0.3 is 0 Å². The van der Waals surface area contributed by atoms with Crippen LogP contribution in [0.4, 0.5) is 5.13 Å². The molecule has 7 nitrogen and oxygen atoms in total. The van der Waals surface area contributed by atoms with E-state index in [0.29, 0.717) is 16.9 Å². The fourth-order valence-electron chi connectivity index (χ4n) is 1.82. The smallest absolute Gasteiger partial charge is 0.214 e. The minimum atomic E-state index is 0.533. The Hall–Kier alpha value is -2.04. The minimum absolute atomic E-state index is 0.533. The highest BCUT2D eigenvalue weighted by Gasteiger charge is 2.03. The number of rotatable bonds is 2. The molecule has 0 aliphatic heterocycles. The minimum Gasteiger partial charge on any atom is -0.481 e. The van der Waals surface area contributed by atoms with Gasteiger partial charge in [-0.05, 0) is 28.1 Å². The van der Waals surface area contributed by atoms with Crippen molar-refractivity contribution in [2.24, 2.45) is 0 Å². The average molecular weight is 426 g/mol. The van der Waals surface area contributed by atoms with Gasteiger partial charge in [-0.25, -0.2) is 19.9 Å². The molecule has 10 heteroatoms. The fourth-order valence-corrected chi connectivity index (χ4v) is 3.82. The SMILES string of the molecule is COc1ccc2nc(Br)sc2n1.COc1ccc2nc(N)sc2n1. The second kappa shape index (κ2) is 7.24.